The van der Waals surface area contributed by atoms with E-state index >= 15 is 0 Å². The first kappa shape index (κ1) is 13.2. The van der Waals surface area contributed by atoms with Gasteiger partial charge in [-0.2, -0.15) is 10.2 Å². The number of piperazine rings is 1. The number of nitrogens with zero attached hydrogens (tertiary/aromatic N) is 5. The molecule has 0 aromatic rings. The van der Waals surface area contributed by atoms with Crippen molar-refractivity contribution in [2.24, 2.45) is 20.5 Å². The molecular formula is C10H22N6. The van der Waals surface area contributed by atoms with Crippen LogP contribution in [0.3, 0.4) is 0 Å². The molecule has 0 radical (unpaired) electrons. The molecule has 1 N–H and O–H groups in total. The average Bonchev–Trinajstić information content (AvgIpc) is 2.35. The Morgan fingerprint density at radius 2 is 1.56 bits per heavy atom. The fourth-order valence-corrected chi connectivity index (χ4v) is 1.64. The lowest BCUT2D eigenvalue weighted by Crippen LogP contribution is -2.52. The van der Waals surface area contributed by atoms with Gasteiger partial charge in [-0.3, -0.25) is 4.90 Å². The van der Waals surface area contributed by atoms with E-state index in [1.165, 1.54) is 0 Å². The topological polar surface area (TPSA) is 64.7 Å². The van der Waals surface area contributed by atoms with E-state index in [9.17, 15) is 0 Å². The molecule has 1 saturated heterocycles. The Balaban J connectivity index is 2.74. The molecule has 0 unspecified atom stereocenters. The van der Waals surface area contributed by atoms with Gasteiger partial charge in [0, 0.05) is 26.2 Å². The molecule has 0 bridgehead atoms. The third kappa shape index (κ3) is 3.61. The molecular weight excluding hydrogens is 204 g/mol. The van der Waals surface area contributed by atoms with Gasteiger partial charge in [-0.25, -0.2) is 0 Å². The highest BCUT2D eigenvalue weighted by molar-refractivity contribution is 4.82. The van der Waals surface area contributed by atoms with Crippen molar-refractivity contribution in [1.29, 1.82) is 0 Å². The van der Waals surface area contributed by atoms with Crippen LogP contribution in [0.15, 0.2) is 20.5 Å². The summed E-state index contributed by atoms with van der Waals surface area (Å²) in [6, 6.07) is 0. The summed E-state index contributed by atoms with van der Waals surface area (Å²) in [6.45, 7) is 11.1. The van der Waals surface area contributed by atoms with Crippen LogP contribution in [-0.4, -0.2) is 50.0 Å². The Morgan fingerprint density at radius 1 is 1.06 bits per heavy atom. The van der Waals surface area contributed by atoms with Crippen molar-refractivity contribution >= 4 is 0 Å². The van der Waals surface area contributed by atoms with Crippen LogP contribution >= 0.6 is 0 Å². The summed E-state index contributed by atoms with van der Waals surface area (Å²) in [5.74, 6) is -0.617. The minimum Gasteiger partial charge on any atom is -0.314 e. The first-order valence-corrected chi connectivity index (χ1v) is 5.96. The second kappa shape index (κ2) is 6.65. The van der Waals surface area contributed by atoms with Crippen molar-refractivity contribution in [2.45, 2.75) is 26.6 Å². The monoisotopic (exact) mass is 226 g/mol. The van der Waals surface area contributed by atoms with Crippen molar-refractivity contribution in [1.82, 2.24) is 10.2 Å². The van der Waals surface area contributed by atoms with Gasteiger partial charge < -0.3 is 5.32 Å². The smallest absolute Gasteiger partial charge is 0.242 e. The predicted octanol–water partition coefficient (Wildman–Crippen LogP) is 1.51. The molecule has 0 amide bonds. The summed E-state index contributed by atoms with van der Waals surface area (Å²) in [5.41, 5.74) is 0. The van der Waals surface area contributed by atoms with Gasteiger partial charge in [0.05, 0.1) is 13.1 Å². The van der Waals surface area contributed by atoms with E-state index in [-0.39, 0.29) is 0 Å². The molecule has 6 heteroatoms. The Kier molecular flexibility index (Phi) is 5.48. The Bertz CT molecular complexity index is 230. The molecule has 1 rings (SSSR count). The maximum atomic E-state index is 4.30. The average molecular weight is 226 g/mol. The van der Waals surface area contributed by atoms with Gasteiger partial charge in [0.1, 0.15) is 0 Å². The molecule has 0 aliphatic carbocycles. The third-order valence-corrected chi connectivity index (χ3v) is 2.52. The number of hydrogen-bond donors (Lipinski definition) is 1. The fraction of sp³-hybridized carbons (Fsp3) is 1.00. The van der Waals surface area contributed by atoms with E-state index < -0.39 is 5.79 Å². The first-order valence-electron chi connectivity index (χ1n) is 5.96. The molecule has 6 nitrogen and oxygen atoms in total. The highest BCUT2D eigenvalue weighted by Gasteiger charge is 2.32. The van der Waals surface area contributed by atoms with E-state index in [2.05, 4.69) is 30.7 Å². The number of nitrogens with one attached hydrogen (secondary N) is 1. The van der Waals surface area contributed by atoms with Crippen molar-refractivity contribution in [2.75, 3.05) is 39.3 Å². The lowest BCUT2D eigenvalue weighted by Gasteiger charge is -2.35. The molecule has 1 aliphatic rings. The number of azo groups is 2. The van der Waals surface area contributed by atoms with E-state index in [4.69, 9.17) is 0 Å². The van der Waals surface area contributed by atoms with Gasteiger partial charge in [0.25, 0.3) is 0 Å². The quantitative estimate of drug-likeness (QED) is 0.722. The minimum absolute atomic E-state index is 0.617. The van der Waals surface area contributed by atoms with Gasteiger partial charge in [-0.15, -0.1) is 10.2 Å². The van der Waals surface area contributed by atoms with Crippen LogP contribution in [0.5, 0.6) is 0 Å². The summed E-state index contributed by atoms with van der Waals surface area (Å²) in [4.78, 5) is 2.21. The summed E-state index contributed by atoms with van der Waals surface area (Å²) in [5, 5.41) is 20.1. The zero-order valence-corrected chi connectivity index (χ0v) is 10.5. The van der Waals surface area contributed by atoms with E-state index in [0.29, 0.717) is 13.1 Å². The zero-order chi connectivity index (χ0) is 11.9. The lowest BCUT2D eigenvalue weighted by molar-refractivity contribution is 0.0889. The molecule has 0 aromatic carbocycles. The fourth-order valence-electron chi connectivity index (χ4n) is 1.64. The van der Waals surface area contributed by atoms with E-state index in [1.807, 2.05) is 20.8 Å². The molecule has 1 fully saturated rings. The van der Waals surface area contributed by atoms with Crippen molar-refractivity contribution in [3.8, 4) is 0 Å². The van der Waals surface area contributed by atoms with Crippen molar-refractivity contribution in [3.63, 3.8) is 0 Å². The van der Waals surface area contributed by atoms with Gasteiger partial charge >= 0.3 is 0 Å². The van der Waals surface area contributed by atoms with Crippen molar-refractivity contribution in [3.05, 3.63) is 0 Å². The Hall–Kier alpha value is -0.880. The normalized spacial score (nSPS) is 22.9. The first-order chi connectivity index (χ1) is 7.73. The Morgan fingerprint density at radius 3 is 2.00 bits per heavy atom. The van der Waals surface area contributed by atoms with Crippen LogP contribution in [0.4, 0.5) is 0 Å². The van der Waals surface area contributed by atoms with Gasteiger partial charge in [0.15, 0.2) is 0 Å². The summed E-state index contributed by atoms with van der Waals surface area (Å²) in [6.07, 6.45) is 0. The zero-order valence-electron chi connectivity index (χ0n) is 10.5. The summed E-state index contributed by atoms with van der Waals surface area (Å²) < 4.78 is 0. The van der Waals surface area contributed by atoms with Crippen LogP contribution in [0.1, 0.15) is 20.8 Å². The Labute approximate surface area is 97.2 Å². The second-order valence-corrected chi connectivity index (χ2v) is 3.82. The van der Waals surface area contributed by atoms with E-state index in [1.54, 1.807) is 0 Å². The van der Waals surface area contributed by atoms with Gasteiger partial charge in [0.2, 0.25) is 5.79 Å². The van der Waals surface area contributed by atoms with E-state index in [0.717, 1.165) is 26.2 Å². The number of hydrogen-bond acceptors (Lipinski definition) is 6. The van der Waals surface area contributed by atoms with Crippen LogP contribution in [0, 0.1) is 0 Å². The maximum absolute atomic E-state index is 4.30. The van der Waals surface area contributed by atoms with Crippen LogP contribution in [0.2, 0.25) is 0 Å². The molecule has 0 saturated carbocycles. The molecule has 1 aliphatic heterocycles. The van der Waals surface area contributed by atoms with Gasteiger partial charge in [-0.05, 0) is 20.8 Å². The van der Waals surface area contributed by atoms with Crippen LogP contribution in [0.25, 0.3) is 0 Å². The highest BCUT2D eigenvalue weighted by Crippen LogP contribution is 2.20. The molecule has 92 valence electrons. The van der Waals surface area contributed by atoms with Gasteiger partial charge in [-0.1, -0.05) is 0 Å². The molecule has 0 spiro atoms. The maximum Gasteiger partial charge on any atom is 0.242 e. The number of rotatable bonds is 5. The largest absolute Gasteiger partial charge is 0.314 e. The summed E-state index contributed by atoms with van der Waals surface area (Å²) in [7, 11) is 0. The lowest BCUT2D eigenvalue weighted by atomic mass is 10.3. The molecule has 0 atom stereocenters. The minimum atomic E-state index is -0.617. The molecule has 1 heterocycles. The molecule has 16 heavy (non-hydrogen) atoms. The second-order valence-electron chi connectivity index (χ2n) is 3.82. The van der Waals surface area contributed by atoms with Crippen LogP contribution < -0.4 is 5.32 Å². The SMILES string of the molecule is CCN=NC(C)(N=NCC)N1CCNCC1. The third-order valence-electron chi connectivity index (χ3n) is 2.52. The molecule has 0 aromatic heterocycles. The predicted molar refractivity (Wildman–Crippen MR) is 63.6 cm³/mol. The summed E-state index contributed by atoms with van der Waals surface area (Å²) >= 11 is 0. The van der Waals surface area contributed by atoms with Crippen molar-refractivity contribution < 1.29 is 0 Å². The highest BCUT2D eigenvalue weighted by atomic mass is 15.5. The van der Waals surface area contributed by atoms with Crippen LogP contribution in [-0.2, 0) is 0 Å². The standard InChI is InChI=1S/C10H22N6/c1-4-12-14-10(3,15-13-5-2)16-8-6-11-7-9-16/h11H,4-9H2,1-3H3.